The highest BCUT2D eigenvalue weighted by Gasteiger charge is 2.30. The number of aryl methyl sites for hydroxylation is 1. The van der Waals surface area contributed by atoms with Gasteiger partial charge < -0.3 is 38.3 Å². The van der Waals surface area contributed by atoms with Crippen LogP contribution in [-0.2, 0) is 22.6 Å². The van der Waals surface area contributed by atoms with Crippen molar-refractivity contribution in [2.45, 2.75) is 25.4 Å². The van der Waals surface area contributed by atoms with E-state index < -0.39 is 0 Å². The number of imidazole rings is 1. The van der Waals surface area contributed by atoms with E-state index in [4.69, 9.17) is 18.9 Å². The molecule has 0 fully saturated rings. The third kappa shape index (κ3) is 7.95. The molecule has 1 amide bonds. The summed E-state index contributed by atoms with van der Waals surface area (Å²) >= 11 is 0. The van der Waals surface area contributed by atoms with Crippen molar-refractivity contribution in [2.75, 3.05) is 55.0 Å². The average Bonchev–Trinajstić information content (AvgIpc) is 3.71. The Balaban J connectivity index is 1.62. The number of likely N-dealkylation sites (N-methyl/N-ethyl adjacent to an activating group) is 1. The molecule has 46 heavy (non-hydrogen) atoms. The smallest absolute Gasteiger partial charge is 0.268 e. The molecule has 0 saturated carbocycles. The number of benzene rings is 3. The van der Waals surface area contributed by atoms with Gasteiger partial charge in [0.05, 0.1) is 6.33 Å². The van der Waals surface area contributed by atoms with Gasteiger partial charge in [-0.2, -0.15) is 0 Å². The minimum atomic E-state index is -0.259. The van der Waals surface area contributed by atoms with Crippen LogP contribution < -0.4 is 14.8 Å². The van der Waals surface area contributed by atoms with Crippen LogP contribution in [0.25, 0.3) is 10.9 Å². The van der Waals surface area contributed by atoms with Crippen molar-refractivity contribution in [1.82, 2.24) is 24.3 Å². The summed E-state index contributed by atoms with van der Waals surface area (Å²) in [6.07, 6.45) is 6.27. The first-order valence-electron chi connectivity index (χ1n) is 15.4. The maximum Gasteiger partial charge on any atom is 0.268 e. The zero-order valence-corrected chi connectivity index (χ0v) is 27.0. The Labute approximate surface area is 270 Å². The fourth-order valence-electron chi connectivity index (χ4n) is 5.66. The number of nitrogens with zero attached hydrogens (tertiary/aromatic N) is 4. The first kappa shape index (κ1) is 32.7. The number of aromatic nitrogens is 3. The first-order valence-corrected chi connectivity index (χ1v) is 15.4. The molecule has 2 heterocycles. The minimum absolute atomic E-state index is 0.0966. The fourth-order valence-corrected chi connectivity index (χ4v) is 5.66. The highest BCUT2D eigenvalue weighted by Crippen LogP contribution is 2.41. The molecule has 1 N–H and O–H groups in total. The molecule has 10 nitrogen and oxygen atoms in total. The predicted octanol–water partition coefficient (Wildman–Crippen LogP) is 5.37. The molecule has 242 valence electrons. The summed E-state index contributed by atoms with van der Waals surface area (Å²) in [5.74, 6) is 1.06. The molecule has 2 aromatic heterocycles. The quantitative estimate of drug-likeness (QED) is 0.110. The second-order valence-corrected chi connectivity index (χ2v) is 11.3. The second-order valence-electron chi connectivity index (χ2n) is 11.3. The number of carbonyl (C=O) groups excluding carboxylic acids is 1. The van der Waals surface area contributed by atoms with Gasteiger partial charge in [-0.3, -0.25) is 4.79 Å². The average molecular weight is 626 g/mol. The predicted molar refractivity (Wildman–Crippen MR) is 179 cm³/mol. The van der Waals surface area contributed by atoms with Crippen molar-refractivity contribution in [1.29, 1.82) is 0 Å². The molecule has 0 bridgehead atoms. The van der Waals surface area contributed by atoms with Crippen molar-refractivity contribution in [2.24, 2.45) is 0 Å². The van der Waals surface area contributed by atoms with Gasteiger partial charge in [0, 0.05) is 75.2 Å². The normalized spacial score (nSPS) is 11.4. The number of methoxy groups -OCH3 is 2. The van der Waals surface area contributed by atoms with Gasteiger partial charge in [-0.15, -0.1) is 0 Å². The zero-order valence-electron chi connectivity index (χ0n) is 27.0. The number of nitrogens with one attached hydrogen (secondary N) is 1. The molecule has 0 saturated heterocycles. The number of hydrogen-bond donors (Lipinski definition) is 1. The van der Waals surface area contributed by atoms with Crippen LogP contribution in [0.5, 0.6) is 11.5 Å². The number of rotatable bonds is 17. The van der Waals surface area contributed by atoms with E-state index in [2.05, 4.69) is 56.2 Å². The lowest BCUT2D eigenvalue weighted by Crippen LogP contribution is -2.30. The van der Waals surface area contributed by atoms with E-state index in [-0.39, 0.29) is 25.4 Å². The lowest BCUT2D eigenvalue weighted by atomic mass is 9.83. The van der Waals surface area contributed by atoms with Crippen LogP contribution in [0.1, 0.15) is 39.5 Å². The van der Waals surface area contributed by atoms with Crippen molar-refractivity contribution in [3.63, 3.8) is 0 Å². The summed E-state index contributed by atoms with van der Waals surface area (Å²) < 4.78 is 25.8. The summed E-state index contributed by atoms with van der Waals surface area (Å²) in [5, 5.41) is 4.27. The van der Waals surface area contributed by atoms with E-state index in [0.717, 1.165) is 47.1 Å². The van der Waals surface area contributed by atoms with Gasteiger partial charge in [-0.25, -0.2) is 4.98 Å². The van der Waals surface area contributed by atoms with Crippen molar-refractivity contribution < 1.29 is 23.7 Å². The number of ether oxygens (including phenoxy) is 4. The van der Waals surface area contributed by atoms with Gasteiger partial charge in [-0.1, -0.05) is 42.5 Å². The monoisotopic (exact) mass is 625 g/mol. The second kappa shape index (κ2) is 16.1. The Bertz CT molecular complexity index is 1610. The van der Waals surface area contributed by atoms with Gasteiger partial charge in [0.1, 0.15) is 17.2 Å². The first-order chi connectivity index (χ1) is 22.5. The molecular formula is C36H43N5O5. The molecule has 0 unspecified atom stereocenters. The van der Waals surface area contributed by atoms with E-state index in [1.54, 1.807) is 26.7 Å². The van der Waals surface area contributed by atoms with Crippen LogP contribution in [-0.4, -0.2) is 79.9 Å². The van der Waals surface area contributed by atoms with E-state index in [1.807, 2.05) is 61.3 Å². The molecule has 5 aromatic rings. The van der Waals surface area contributed by atoms with Gasteiger partial charge in [-0.05, 0) is 62.0 Å². The Hall–Kier alpha value is -4.64. The van der Waals surface area contributed by atoms with E-state index in [0.29, 0.717) is 30.3 Å². The van der Waals surface area contributed by atoms with Crippen LogP contribution in [0.15, 0.2) is 91.5 Å². The largest absolute Gasteiger partial charge is 0.468 e. The Kier molecular flexibility index (Phi) is 11.4. The molecule has 0 aliphatic rings. The number of hydrogen-bond acceptors (Lipinski definition) is 7. The molecule has 5 rings (SSSR count). The number of fused-ring (bicyclic) bond motifs is 1. The zero-order chi connectivity index (χ0) is 32.3. The molecule has 0 spiro atoms. The number of para-hydroxylation sites is 1. The lowest BCUT2D eigenvalue weighted by Gasteiger charge is -2.22. The third-order valence-electron chi connectivity index (χ3n) is 7.84. The van der Waals surface area contributed by atoms with E-state index in [9.17, 15) is 4.79 Å². The number of carbonyl (C=O) groups is 1. The van der Waals surface area contributed by atoms with Crippen molar-refractivity contribution >= 4 is 16.8 Å². The van der Waals surface area contributed by atoms with Crippen LogP contribution in [0.4, 0.5) is 0 Å². The number of amides is 1. The molecule has 0 aliphatic heterocycles. The topological polar surface area (TPSA) is 92.0 Å². The molecule has 10 heteroatoms. The van der Waals surface area contributed by atoms with Crippen LogP contribution in [0, 0.1) is 0 Å². The lowest BCUT2D eigenvalue weighted by molar-refractivity contribution is 0.0509. The maximum atomic E-state index is 14.3. The summed E-state index contributed by atoms with van der Waals surface area (Å²) in [6.45, 7) is 3.07. The van der Waals surface area contributed by atoms with Gasteiger partial charge >= 0.3 is 0 Å². The Morgan fingerprint density at radius 1 is 0.870 bits per heavy atom. The van der Waals surface area contributed by atoms with Crippen LogP contribution in [0.3, 0.4) is 0 Å². The third-order valence-corrected chi connectivity index (χ3v) is 7.84. The summed E-state index contributed by atoms with van der Waals surface area (Å²) in [7, 11) is 7.29. The van der Waals surface area contributed by atoms with Crippen molar-refractivity contribution in [3.8, 4) is 11.5 Å². The summed E-state index contributed by atoms with van der Waals surface area (Å²) in [4.78, 5) is 20.6. The standard InChI is InChI=1S/C36H43N5O5/c1-39(2)22-23-41-32-9-6-5-8-31(32)34(35(41)36(42)38-18-7-20-40-21-19-37-24-40)33(27-10-14-29(15-11-27)45-25-43-3)28-12-16-30(17-13-28)46-26-44-4/h5-6,8-17,19,21,24,33H,7,18,20,22-23,25-26H2,1-4H3,(H,38,42). The Morgan fingerprint density at radius 3 is 2.07 bits per heavy atom. The fraction of sp³-hybridized carbons (Fsp3) is 0.333. The molecule has 0 radical (unpaired) electrons. The van der Waals surface area contributed by atoms with Crippen LogP contribution >= 0.6 is 0 Å². The molecule has 0 aliphatic carbocycles. The van der Waals surface area contributed by atoms with Crippen LogP contribution in [0.2, 0.25) is 0 Å². The van der Waals surface area contributed by atoms with Gasteiger partial charge in [0.2, 0.25) is 0 Å². The molecule has 0 atom stereocenters. The summed E-state index contributed by atoms with van der Waals surface area (Å²) in [6, 6.07) is 24.3. The maximum absolute atomic E-state index is 14.3. The van der Waals surface area contributed by atoms with Gasteiger partial charge in [0.25, 0.3) is 5.91 Å². The Morgan fingerprint density at radius 2 is 1.50 bits per heavy atom. The molecule has 3 aromatic carbocycles. The van der Waals surface area contributed by atoms with Gasteiger partial charge in [0.15, 0.2) is 13.6 Å². The summed E-state index contributed by atoms with van der Waals surface area (Å²) in [5.41, 5.74) is 4.70. The van der Waals surface area contributed by atoms with E-state index >= 15 is 0 Å². The highest BCUT2D eigenvalue weighted by atomic mass is 16.7. The minimum Gasteiger partial charge on any atom is -0.468 e. The van der Waals surface area contributed by atoms with Crippen molar-refractivity contribution in [3.05, 3.63) is 114 Å². The van der Waals surface area contributed by atoms with E-state index in [1.165, 1.54) is 0 Å². The highest BCUT2D eigenvalue weighted by molar-refractivity contribution is 6.03. The molecular weight excluding hydrogens is 582 g/mol. The SMILES string of the molecule is COCOc1ccc(C(c2ccc(OCOC)cc2)c2c(C(=O)NCCCn3ccnc3)n(CCN(C)C)c3ccccc23)cc1.